The highest BCUT2D eigenvalue weighted by Crippen LogP contribution is 2.13. The van der Waals surface area contributed by atoms with E-state index in [2.05, 4.69) is 84.7 Å². The molecule has 0 aromatic heterocycles. The van der Waals surface area contributed by atoms with Crippen LogP contribution in [-0.2, 0) is 13.0 Å². The highest BCUT2D eigenvalue weighted by Gasteiger charge is 2.10. The van der Waals surface area contributed by atoms with Gasteiger partial charge in [-0.15, -0.1) is 0 Å². The molecule has 0 fully saturated rings. The van der Waals surface area contributed by atoms with Crippen LogP contribution in [-0.4, -0.2) is 30.6 Å². The van der Waals surface area contributed by atoms with Crippen molar-refractivity contribution in [2.75, 3.05) is 19.6 Å². The zero-order chi connectivity index (χ0) is 22.7. The zero-order valence-corrected chi connectivity index (χ0v) is 20.9. The van der Waals surface area contributed by atoms with Crippen molar-refractivity contribution < 1.29 is 0 Å². The fourth-order valence-corrected chi connectivity index (χ4v) is 4.46. The summed E-state index contributed by atoms with van der Waals surface area (Å²) in [4.78, 5) is 2.68. The van der Waals surface area contributed by atoms with Crippen LogP contribution < -0.4 is 5.32 Å². The molecule has 0 aliphatic carbocycles. The molecule has 0 saturated carbocycles. The molecule has 1 unspecified atom stereocenters. The Kier molecular flexibility index (Phi) is 14.9. The Morgan fingerprint density at radius 1 is 0.656 bits per heavy atom. The van der Waals surface area contributed by atoms with Gasteiger partial charge in [-0.3, -0.25) is 4.90 Å². The molecule has 2 aromatic carbocycles. The van der Waals surface area contributed by atoms with E-state index in [1.54, 1.807) is 0 Å². The third-order valence-corrected chi connectivity index (χ3v) is 6.39. The monoisotopic (exact) mass is 436 g/mol. The Morgan fingerprint density at radius 3 is 1.91 bits per heavy atom. The molecule has 2 aromatic rings. The maximum Gasteiger partial charge on any atom is 0.0233 e. The van der Waals surface area contributed by atoms with Crippen molar-refractivity contribution in [2.45, 2.75) is 97.1 Å². The SMILES string of the molecule is CCCCCNC(CCCCCN(CCCCC)Cc1ccccc1)Cc1ccccc1. The minimum absolute atomic E-state index is 0.610. The van der Waals surface area contributed by atoms with Crippen LogP contribution in [0.15, 0.2) is 60.7 Å². The number of benzene rings is 2. The van der Waals surface area contributed by atoms with E-state index in [4.69, 9.17) is 0 Å². The van der Waals surface area contributed by atoms with Gasteiger partial charge in [0.15, 0.2) is 0 Å². The summed E-state index contributed by atoms with van der Waals surface area (Å²) in [6.45, 7) is 9.30. The summed E-state index contributed by atoms with van der Waals surface area (Å²) in [5.74, 6) is 0. The van der Waals surface area contributed by atoms with Crippen molar-refractivity contribution >= 4 is 0 Å². The van der Waals surface area contributed by atoms with Gasteiger partial charge in [-0.1, -0.05) is 113 Å². The normalized spacial score (nSPS) is 12.3. The van der Waals surface area contributed by atoms with E-state index in [1.807, 2.05) is 0 Å². The maximum atomic E-state index is 3.86. The molecular weight excluding hydrogens is 388 g/mol. The lowest BCUT2D eigenvalue weighted by molar-refractivity contribution is 0.252. The Labute approximate surface area is 198 Å². The maximum absolute atomic E-state index is 3.86. The molecule has 1 N–H and O–H groups in total. The summed E-state index contributed by atoms with van der Waals surface area (Å²) in [7, 11) is 0. The minimum atomic E-state index is 0.610. The van der Waals surface area contributed by atoms with Crippen LogP contribution in [0.4, 0.5) is 0 Å². The first-order valence-corrected chi connectivity index (χ1v) is 13.4. The van der Waals surface area contributed by atoms with Gasteiger partial charge in [0.2, 0.25) is 0 Å². The fraction of sp³-hybridized carbons (Fsp3) is 0.600. The minimum Gasteiger partial charge on any atom is -0.314 e. The van der Waals surface area contributed by atoms with Gasteiger partial charge < -0.3 is 5.32 Å². The van der Waals surface area contributed by atoms with Crippen LogP contribution in [0.1, 0.15) is 89.2 Å². The summed E-state index contributed by atoms with van der Waals surface area (Å²) in [5, 5.41) is 3.86. The first kappa shape index (κ1) is 26.6. The standard InChI is InChI=1S/C30H48N2/c1-3-5-15-23-31-30(26-28-18-10-7-11-19-28)22-14-9-17-25-32(24-16-6-4-2)27-29-20-12-8-13-21-29/h7-8,10-13,18-21,30-31H,3-6,9,14-17,22-27H2,1-2H3. The molecule has 0 saturated heterocycles. The average Bonchev–Trinajstić information content (AvgIpc) is 2.82. The second kappa shape index (κ2) is 17.9. The molecule has 0 heterocycles. The second-order valence-electron chi connectivity index (χ2n) is 9.37. The third-order valence-electron chi connectivity index (χ3n) is 6.39. The van der Waals surface area contributed by atoms with E-state index in [0.717, 1.165) is 19.5 Å². The van der Waals surface area contributed by atoms with Gasteiger partial charge in [-0.05, 0) is 62.9 Å². The van der Waals surface area contributed by atoms with Crippen LogP contribution in [0.25, 0.3) is 0 Å². The number of nitrogens with one attached hydrogen (secondary N) is 1. The molecule has 2 rings (SSSR count). The number of unbranched alkanes of at least 4 members (excludes halogenated alkanes) is 6. The van der Waals surface area contributed by atoms with Gasteiger partial charge >= 0.3 is 0 Å². The van der Waals surface area contributed by atoms with Crippen LogP contribution in [0.3, 0.4) is 0 Å². The molecule has 178 valence electrons. The van der Waals surface area contributed by atoms with Crippen LogP contribution in [0, 0.1) is 0 Å². The van der Waals surface area contributed by atoms with E-state index >= 15 is 0 Å². The molecule has 0 amide bonds. The van der Waals surface area contributed by atoms with Gasteiger partial charge in [0.05, 0.1) is 0 Å². The highest BCUT2D eigenvalue weighted by molar-refractivity contribution is 5.16. The number of rotatable bonds is 19. The summed E-state index contributed by atoms with van der Waals surface area (Å²) in [6.07, 6.45) is 14.3. The molecule has 0 bridgehead atoms. The van der Waals surface area contributed by atoms with Crippen molar-refractivity contribution in [1.29, 1.82) is 0 Å². The number of hydrogen-bond donors (Lipinski definition) is 1. The average molecular weight is 437 g/mol. The first-order valence-electron chi connectivity index (χ1n) is 13.4. The molecule has 1 atom stereocenters. The van der Waals surface area contributed by atoms with Gasteiger partial charge in [-0.25, -0.2) is 0 Å². The molecule has 0 aliphatic heterocycles. The van der Waals surface area contributed by atoms with Gasteiger partial charge in [0.25, 0.3) is 0 Å². The predicted molar refractivity (Wildman–Crippen MR) is 141 cm³/mol. The van der Waals surface area contributed by atoms with E-state index in [0.29, 0.717) is 6.04 Å². The molecule has 2 heteroatoms. The molecule has 32 heavy (non-hydrogen) atoms. The smallest absolute Gasteiger partial charge is 0.0233 e. The van der Waals surface area contributed by atoms with Crippen LogP contribution >= 0.6 is 0 Å². The van der Waals surface area contributed by atoms with Crippen molar-refractivity contribution in [3.63, 3.8) is 0 Å². The fourth-order valence-electron chi connectivity index (χ4n) is 4.46. The Balaban J connectivity index is 1.73. The van der Waals surface area contributed by atoms with Crippen LogP contribution in [0.2, 0.25) is 0 Å². The topological polar surface area (TPSA) is 15.3 Å². The van der Waals surface area contributed by atoms with E-state index in [9.17, 15) is 0 Å². The zero-order valence-electron chi connectivity index (χ0n) is 20.9. The lowest BCUT2D eigenvalue weighted by Crippen LogP contribution is -2.32. The highest BCUT2D eigenvalue weighted by atomic mass is 15.1. The molecule has 2 nitrogen and oxygen atoms in total. The largest absolute Gasteiger partial charge is 0.314 e. The molecule has 0 aliphatic rings. The van der Waals surface area contributed by atoms with Crippen LogP contribution in [0.5, 0.6) is 0 Å². The van der Waals surface area contributed by atoms with Crippen molar-refractivity contribution in [2.24, 2.45) is 0 Å². The second-order valence-corrected chi connectivity index (χ2v) is 9.37. The third kappa shape index (κ3) is 12.4. The van der Waals surface area contributed by atoms with Gasteiger partial charge in [0, 0.05) is 12.6 Å². The summed E-state index contributed by atoms with van der Waals surface area (Å²) in [5.41, 5.74) is 2.91. The summed E-state index contributed by atoms with van der Waals surface area (Å²) in [6, 6.07) is 22.6. The summed E-state index contributed by atoms with van der Waals surface area (Å²) >= 11 is 0. The molecule has 0 radical (unpaired) electrons. The van der Waals surface area contributed by atoms with Crippen molar-refractivity contribution in [1.82, 2.24) is 10.2 Å². The van der Waals surface area contributed by atoms with Crippen molar-refractivity contribution in [3.05, 3.63) is 71.8 Å². The number of hydrogen-bond acceptors (Lipinski definition) is 2. The quantitative estimate of drug-likeness (QED) is 0.228. The Bertz CT molecular complexity index is 655. The lowest BCUT2D eigenvalue weighted by atomic mass is 10.00. The van der Waals surface area contributed by atoms with Gasteiger partial charge in [0.1, 0.15) is 0 Å². The Morgan fingerprint density at radius 2 is 1.25 bits per heavy atom. The number of nitrogens with zero attached hydrogens (tertiary/aromatic N) is 1. The lowest BCUT2D eigenvalue weighted by Gasteiger charge is -2.23. The van der Waals surface area contributed by atoms with E-state index < -0.39 is 0 Å². The Hall–Kier alpha value is -1.64. The predicted octanol–water partition coefficient (Wildman–Crippen LogP) is 7.63. The van der Waals surface area contributed by atoms with Crippen molar-refractivity contribution in [3.8, 4) is 0 Å². The summed E-state index contributed by atoms with van der Waals surface area (Å²) < 4.78 is 0. The molecular formula is C30H48N2. The van der Waals surface area contributed by atoms with E-state index in [1.165, 1.54) is 88.4 Å². The first-order chi connectivity index (χ1) is 15.8. The molecule has 0 spiro atoms. The van der Waals surface area contributed by atoms with E-state index in [-0.39, 0.29) is 0 Å². The van der Waals surface area contributed by atoms with Gasteiger partial charge in [-0.2, -0.15) is 0 Å².